The van der Waals surface area contributed by atoms with E-state index in [1.807, 2.05) is 21.1 Å². The van der Waals surface area contributed by atoms with E-state index in [2.05, 4.69) is 62.5 Å². The lowest BCUT2D eigenvalue weighted by atomic mass is 10.0. The van der Waals surface area contributed by atoms with E-state index < -0.39 is 24.3 Å². The Kier molecular flexibility index (Phi) is 62.1. The molecule has 0 aliphatic rings. The summed E-state index contributed by atoms with van der Waals surface area (Å²) in [6.07, 6.45) is 79.1. The van der Waals surface area contributed by atoms with Gasteiger partial charge in [0.1, 0.15) is 13.2 Å². The zero-order valence-electron chi connectivity index (χ0n) is 54.9. The zero-order chi connectivity index (χ0) is 59.8. The van der Waals surface area contributed by atoms with Crippen molar-refractivity contribution >= 4 is 17.9 Å². The number of esters is 2. The van der Waals surface area contributed by atoms with Crippen LogP contribution in [-0.2, 0) is 33.3 Å². The van der Waals surface area contributed by atoms with Crippen molar-refractivity contribution in [3.8, 4) is 0 Å². The molecular weight excluding hydrogens is 1020 g/mol. The predicted molar refractivity (Wildman–Crippen MR) is 348 cm³/mol. The van der Waals surface area contributed by atoms with E-state index in [-0.39, 0.29) is 32.2 Å². The molecule has 0 aromatic rings. The second kappa shape index (κ2) is 64.3. The molecule has 0 bridgehead atoms. The Morgan fingerprint density at radius 3 is 1.04 bits per heavy atom. The highest BCUT2D eigenvalue weighted by Crippen LogP contribution is 2.19. The maximum atomic E-state index is 12.9. The lowest BCUT2D eigenvalue weighted by Gasteiger charge is -2.26. The number of quaternary nitrogens is 1. The molecule has 0 saturated heterocycles. The third-order valence-corrected chi connectivity index (χ3v) is 15.8. The fourth-order valence-electron chi connectivity index (χ4n) is 10.5. The Labute approximate surface area is 508 Å². The van der Waals surface area contributed by atoms with Gasteiger partial charge in [0, 0.05) is 12.8 Å². The summed E-state index contributed by atoms with van der Waals surface area (Å²) in [5.41, 5.74) is 0. The fourth-order valence-corrected chi connectivity index (χ4v) is 10.5. The summed E-state index contributed by atoms with van der Waals surface area (Å²) in [5.74, 6) is -2.26. The summed E-state index contributed by atoms with van der Waals surface area (Å²) in [6.45, 7) is 4.70. The molecule has 0 N–H and O–H groups in total. The summed E-state index contributed by atoms with van der Waals surface area (Å²) in [4.78, 5) is 37.5. The number of carbonyl (C=O) groups excluding carboxylic acids is 3. The first-order valence-corrected chi connectivity index (χ1v) is 35.3. The van der Waals surface area contributed by atoms with Crippen molar-refractivity contribution in [3.63, 3.8) is 0 Å². The molecule has 9 heteroatoms. The molecule has 0 aromatic heterocycles. The van der Waals surface area contributed by atoms with E-state index in [0.29, 0.717) is 23.9 Å². The van der Waals surface area contributed by atoms with Gasteiger partial charge in [-0.1, -0.05) is 326 Å². The Bertz CT molecular complexity index is 1480. The normalized spacial score (nSPS) is 12.9. The van der Waals surface area contributed by atoms with Gasteiger partial charge < -0.3 is 33.3 Å². The van der Waals surface area contributed by atoms with Gasteiger partial charge in [-0.15, -0.1) is 0 Å². The Balaban J connectivity index is 4.06. The average Bonchev–Trinajstić information content (AvgIpc) is 3.45. The third-order valence-electron chi connectivity index (χ3n) is 15.8. The summed E-state index contributed by atoms with van der Waals surface area (Å²) in [7, 11) is 5.94. The second-order valence-electron chi connectivity index (χ2n) is 25.2. The largest absolute Gasteiger partial charge is 0.545 e. The molecule has 2 unspecified atom stereocenters. The summed E-state index contributed by atoms with van der Waals surface area (Å²) < 4.78 is 22.8. The minimum Gasteiger partial charge on any atom is -0.545 e. The number of unbranched alkanes of at least 4 members (excludes halogenated alkanes) is 43. The van der Waals surface area contributed by atoms with E-state index in [0.717, 1.165) is 57.8 Å². The summed E-state index contributed by atoms with van der Waals surface area (Å²) in [6, 6.07) is 0. The zero-order valence-corrected chi connectivity index (χ0v) is 54.9. The van der Waals surface area contributed by atoms with Gasteiger partial charge in [-0.25, -0.2) is 0 Å². The lowest BCUT2D eigenvalue weighted by molar-refractivity contribution is -0.870. The van der Waals surface area contributed by atoms with Crippen molar-refractivity contribution in [2.75, 3.05) is 47.5 Å². The third kappa shape index (κ3) is 64.8. The van der Waals surface area contributed by atoms with Crippen molar-refractivity contribution in [2.24, 2.45) is 0 Å². The number of carbonyl (C=O) groups is 3. The van der Waals surface area contributed by atoms with E-state index in [9.17, 15) is 19.5 Å². The SMILES string of the molecule is CC/C=C\C/C=C\C/C=C\C/C=C\CCCCCCCCCCCCCCCCC(=O)OC(COC(=O)CCCCCCCCCCCCCCCCCCCCCCCCCCCCCCCC)COC(OCC[N+](C)(C)C)C(=O)[O-]. The predicted octanol–water partition coefficient (Wildman–Crippen LogP) is 20.4. The van der Waals surface area contributed by atoms with Crippen LogP contribution < -0.4 is 5.11 Å². The Morgan fingerprint density at radius 1 is 0.378 bits per heavy atom. The molecule has 0 fully saturated rings. The van der Waals surface area contributed by atoms with E-state index in [4.69, 9.17) is 18.9 Å². The number of allylic oxidation sites excluding steroid dienone is 8. The minimum atomic E-state index is -1.62. The number of rotatable bonds is 66. The lowest BCUT2D eigenvalue weighted by Crippen LogP contribution is -2.44. The average molecular weight is 1150 g/mol. The molecule has 0 radical (unpaired) electrons. The molecule has 0 saturated carbocycles. The van der Waals surface area contributed by atoms with Crippen LogP contribution in [0.3, 0.4) is 0 Å². The van der Waals surface area contributed by atoms with Gasteiger partial charge in [0.15, 0.2) is 12.4 Å². The first-order chi connectivity index (χ1) is 40.1. The van der Waals surface area contributed by atoms with E-state index in [1.54, 1.807) is 0 Å². The van der Waals surface area contributed by atoms with Gasteiger partial charge in [0.2, 0.25) is 0 Å². The van der Waals surface area contributed by atoms with Gasteiger partial charge in [0.05, 0.1) is 40.3 Å². The highest BCUT2D eigenvalue weighted by Gasteiger charge is 2.22. The smallest absolute Gasteiger partial charge is 0.306 e. The molecule has 480 valence electrons. The highest BCUT2D eigenvalue weighted by molar-refractivity contribution is 5.70. The number of carboxylic acid groups (broad SMARTS) is 1. The van der Waals surface area contributed by atoms with Crippen LogP contribution in [0.1, 0.15) is 341 Å². The van der Waals surface area contributed by atoms with Crippen molar-refractivity contribution in [2.45, 2.75) is 354 Å². The highest BCUT2D eigenvalue weighted by atomic mass is 16.7. The molecule has 0 aromatic carbocycles. The molecule has 0 aliphatic carbocycles. The van der Waals surface area contributed by atoms with Crippen molar-refractivity contribution in [3.05, 3.63) is 48.6 Å². The Morgan fingerprint density at radius 2 is 0.695 bits per heavy atom. The van der Waals surface area contributed by atoms with Crippen LogP contribution in [-0.4, -0.2) is 82.3 Å². The van der Waals surface area contributed by atoms with E-state index >= 15 is 0 Å². The van der Waals surface area contributed by atoms with Gasteiger partial charge in [-0.3, -0.25) is 9.59 Å². The molecule has 0 rings (SSSR count). The van der Waals surface area contributed by atoms with Gasteiger partial charge in [-0.05, 0) is 51.4 Å². The molecule has 0 spiro atoms. The van der Waals surface area contributed by atoms with Gasteiger partial charge in [-0.2, -0.15) is 0 Å². The molecule has 82 heavy (non-hydrogen) atoms. The van der Waals surface area contributed by atoms with Gasteiger partial charge in [0.25, 0.3) is 0 Å². The maximum absolute atomic E-state index is 12.9. The number of aliphatic carboxylic acids is 1. The second-order valence-corrected chi connectivity index (χ2v) is 25.2. The standard InChI is InChI=1S/C73H135NO8/c1-6-8-10-12-14-16-18-20-22-24-26-28-30-32-34-35-36-38-39-41-43-45-47-49-51-53-55-57-59-61-63-70(75)80-67-69(68-81-73(72(77)78)79-66-65-74(3,4)5)82-71(76)64-62-60-58-56-54-52-50-48-46-44-42-40-37-33-31-29-27-25-23-21-19-17-15-13-11-9-7-2/h9,11,15,17,21,23,27,29,69,73H,6-8,10,12-14,16,18-20,22,24-26,28,30-68H2,1-5H3/b11-9-,17-15-,23-21-,29-27-. The van der Waals surface area contributed by atoms with Gasteiger partial charge >= 0.3 is 11.9 Å². The van der Waals surface area contributed by atoms with Crippen molar-refractivity contribution < 1.29 is 42.9 Å². The number of likely N-dealkylation sites (N-methyl/N-ethyl adjacent to an activating group) is 1. The number of carboxylic acids is 1. The maximum Gasteiger partial charge on any atom is 0.306 e. The van der Waals surface area contributed by atoms with Crippen LogP contribution in [0.25, 0.3) is 0 Å². The van der Waals surface area contributed by atoms with E-state index in [1.165, 1.54) is 250 Å². The van der Waals surface area contributed by atoms with Crippen molar-refractivity contribution in [1.82, 2.24) is 0 Å². The quantitative estimate of drug-likeness (QED) is 0.0195. The van der Waals surface area contributed by atoms with Crippen LogP contribution in [0.4, 0.5) is 0 Å². The summed E-state index contributed by atoms with van der Waals surface area (Å²) in [5, 5.41) is 11.8. The minimum absolute atomic E-state index is 0.149. The van der Waals surface area contributed by atoms with Crippen LogP contribution >= 0.6 is 0 Å². The molecule has 2 atom stereocenters. The topological polar surface area (TPSA) is 111 Å². The van der Waals surface area contributed by atoms with Crippen LogP contribution in [0.15, 0.2) is 48.6 Å². The monoisotopic (exact) mass is 1150 g/mol. The number of hydrogen-bond donors (Lipinski definition) is 0. The molecule has 0 heterocycles. The van der Waals surface area contributed by atoms with Crippen LogP contribution in [0.2, 0.25) is 0 Å². The number of nitrogens with zero attached hydrogens (tertiary/aromatic N) is 1. The molecule has 0 amide bonds. The van der Waals surface area contributed by atoms with Crippen LogP contribution in [0, 0.1) is 0 Å². The Hall–Kier alpha value is -2.75. The first-order valence-electron chi connectivity index (χ1n) is 35.3. The molecular formula is C73H135NO8. The first kappa shape index (κ1) is 79.2. The number of ether oxygens (including phenoxy) is 4. The van der Waals surface area contributed by atoms with Crippen LogP contribution in [0.5, 0.6) is 0 Å². The summed E-state index contributed by atoms with van der Waals surface area (Å²) >= 11 is 0. The molecule has 9 nitrogen and oxygen atoms in total. The molecule has 0 aliphatic heterocycles. The number of hydrogen-bond acceptors (Lipinski definition) is 8. The van der Waals surface area contributed by atoms with Crippen molar-refractivity contribution in [1.29, 1.82) is 0 Å². The fraction of sp³-hybridized carbons (Fsp3) is 0.849.